The second-order valence-electron chi connectivity index (χ2n) is 18.3. The van der Waals surface area contributed by atoms with Gasteiger partial charge in [-0.15, -0.1) is 0 Å². The van der Waals surface area contributed by atoms with E-state index in [-0.39, 0.29) is 24.9 Å². The Morgan fingerprint density at radius 2 is 0.724 bits per heavy atom. The van der Waals surface area contributed by atoms with Crippen molar-refractivity contribution in [1.82, 2.24) is 5.32 Å². The van der Waals surface area contributed by atoms with Gasteiger partial charge in [-0.3, -0.25) is 9.59 Å². The number of esters is 1. The summed E-state index contributed by atoms with van der Waals surface area (Å²) in [4.78, 5) is 26.1. The second kappa shape index (κ2) is 46.9. The molecule has 0 aromatic rings. The van der Waals surface area contributed by atoms with E-state index >= 15 is 0 Å². The van der Waals surface area contributed by atoms with Crippen LogP contribution in [0.25, 0.3) is 0 Å². The molecule has 0 aliphatic rings. The van der Waals surface area contributed by atoms with Crippen LogP contribution >= 0.6 is 0 Å². The van der Waals surface area contributed by atoms with Crippen LogP contribution in [0.5, 0.6) is 0 Å². The highest BCUT2D eigenvalue weighted by Crippen LogP contribution is 2.19. The fraction of sp³-hybridized carbons (Fsp3) is 0.962. The number of carbonyl (C=O) groups is 2. The summed E-state index contributed by atoms with van der Waals surface area (Å²) < 4.78 is 5.93. The molecule has 6 nitrogen and oxygen atoms in total. The molecule has 1 amide bonds. The Bertz CT molecular complexity index is 837. The zero-order valence-electron chi connectivity index (χ0n) is 39.5. The molecule has 0 spiro atoms. The van der Waals surface area contributed by atoms with Crippen molar-refractivity contribution in [3.8, 4) is 0 Å². The third kappa shape index (κ3) is 41.6. The van der Waals surface area contributed by atoms with Crippen LogP contribution in [0.4, 0.5) is 0 Å². The number of unbranched alkanes of at least 4 members (excludes halogenated alkanes) is 36. The number of amides is 1. The molecular formula is C52H103NO5. The lowest BCUT2D eigenvalue weighted by molar-refractivity contribution is -0.151. The van der Waals surface area contributed by atoms with Crippen LogP contribution in [-0.4, -0.2) is 46.9 Å². The largest absolute Gasteiger partial charge is 0.462 e. The highest BCUT2D eigenvalue weighted by molar-refractivity contribution is 5.77. The number of ether oxygens (including phenoxy) is 1. The van der Waals surface area contributed by atoms with Gasteiger partial charge in [0.05, 0.1) is 25.2 Å². The van der Waals surface area contributed by atoms with Gasteiger partial charge in [-0.2, -0.15) is 0 Å². The van der Waals surface area contributed by atoms with E-state index in [1.54, 1.807) is 0 Å². The summed E-state index contributed by atoms with van der Waals surface area (Å²) in [5.41, 5.74) is 0. The van der Waals surface area contributed by atoms with Gasteiger partial charge in [-0.25, -0.2) is 0 Å². The van der Waals surface area contributed by atoms with E-state index < -0.39 is 18.2 Å². The number of rotatable bonds is 48. The van der Waals surface area contributed by atoms with Gasteiger partial charge in [0.15, 0.2) is 0 Å². The number of carbonyl (C=O) groups excluding carboxylic acids is 2. The molecule has 0 aliphatic carbocycles. The Hall–Kier alpha value is -1.14. The van der Waals surface area contributed by atoms with Crippen molar-refractivity contribution in [2.75, 3.05) is 6.61 Å². The number of aliphatic hydroxyl groups is 2. The lowest BCUT2D eigenvalue weighted by atomic mass is 10.0. The van der Waals surface area contributed by atoms with Gasteiger partial charge >= 0.3 is 5.97 Å². The van der Waals surface area contributed by atoms with Crippen molar-refractivity contribution in [3.05, 3.63) is 0 Å². The van der Waals surface area contributed by atoms with Crippen molar-refractivity contribution in [2.24, 2.45) is 0 Å². The summed E-state index contributed by atoms with van der Waals surface area (Å²) in [6, 6.07) is -0.692. The molecule has 0 aromatic heterocycles. The first-order valence-corrected chi connectivity index (χ1v) is 26.3. The molecule has 0 aromatic carbocycles. The number of hydrogen-bond acceptors (Lipinski definition) is 5. The van der Waals surface area contributed by atoms with Gasteiger partial charge in [-0.05, 0) is 25.7 Å². The Labute approximate surface area is 362 Å². The van der Waals surface area contributed by atoms with Gasteiger partial charge in [0.1, 0.15) is 6.10 Å². The molecule has 0 heterocycles. The van der Waals surface area contributed by atoms with Crippen LogP contribution in [0.15, 0.2) is 0 Å². The van der Waals surface area contributed by atoms with Crippen molar-refractivity contribution in [2.45, 2.75) is 315 Å². The minimum Gasteiger partial charge on any atom is -0.462 e. The fourth-order valence-corrected chi connectivity index (χ4v) is 8.43. The first-order valence-electron chi connectivity index (χ1n) is 26.3. The van der Waals surface area contributed by atoms with Crippen molar-refractivity contribution in [3.63, 3.8) is 0 Å². The van der Waals surface area contributed by atoms with Gasteiger partial charge in [0.25, 0.3) is 0 Å². The van der Waals surface area contributed by atoms with E-state index in [4.69, 9.17) is 4.74 Å². The molecule has 0 fully saturated rings. The molecule has 0 aliphatic heterocycles. The first-order chi connectivity index (χ1) is 28.5. The van der Waals surface area contributed by atoms with Crippen LogP contribution in [-0.2, 0) is 14.3 Å². The van der Waals surface area contributed by atoms with Gasteiger partial charge in [-0.1, -0.05) is 258 Å². The Morgan fingerprint density at radius 3 is 1.05 bits per heavy atom. The highest BCUT2D eigenvalue weighted by Gasteiger charge is 2.24. The molecule has 346 valence electrons. The third-order valence-corrected chi connectivity index (χ3v) is 12.4. The maximum Gasteiger partial charge on any atom is 0.306 e. The van der Waals surface area contributed by atoms with Gasteiger partial charge < -0.3 is 20.3 Å². The summed E-state index contributed by atoms with van der Waals surface area (Å²) >= 11 is 0. The van der Waals surface area contributed by atoms with Crippen LogP contribution in [0.3, 0.4) is 0 Å². The van der Waals surface area contributed by atoms with Gasteiger partial charge in [0.2, 0.25) is 5.91 Å². The first kappa shape index (κ1) is 56.9. The summed E-state index contributed by atoms with van der Waals surface area (Å²) in [6.45, 7) is 6.50. The predicted octanol–water partition coefficient (Wildman–Crippen LogP) is 15.6. The summed E-state index contributed by atoms with van der Waals surface area (Å²) in [6.07, 6.45) is 50.2. The molecule has 0 saturated carbocycles. The van der Waals surface area contributed by atoms with E-state index in [0.29, 0.717) is 19.3 Å². The SMILES string of the molecule is CCCCCCCCCCCCCCCCCCC(O)C(CO)NC(=O)CC(CCCCCCCCCCCCCCC)OC(=O)CCCCCCCCCCCC. The molecule has 58 heavy (non-hydrogen) atoms. The molecular weight excluding hydrogens is 719 g/mol. The summed E-state index contributed by atoms with van der Waals surface area (Å²) in [5, 5.41) is 23.8. The zero-order valence-corrected chi connectivity index (χ0v) is 39.5. The molecule has 3 N–H and O–H groups in total. The second-order valence-corrected chi connectivity index (χ2v) is 18.3. The average Bonchev–Trinajstić information content (AvgIpc) is 3.22. The Morgan fingerprint density at radius 1 is 0.431 bits per heavy atom. The van der Waals surface area contributed by atoms with Crippen LogP contribution in [0.1, 0.15) is 297 Å². The normalized spacial score (nSPS) is 13.1. The van der Waals surface area contributed by atoms with E-state index in [0.717, 1.165) is 44.9 Å². The van der Waals surface area contributed by atoms with E-state index in [9.17, 15) is 19.8 Å². The maximum atomic E-state index is 13.2. The average molecular weight is 822 g/mol. The molecule has 0 radical (unpaired) electrons. The standard InChI is InChI=1S/C52H103NO5/c1-4-7-10-13-16-19-22-24-25-26-28-30-32-35-38-41-44-50(55)49(47-54)53-51(56)46-48(43-40-37-34-31-29-27-23-20-17-14-11-8-5-2)58-52(57)45-42-39-36-33-21-18-15-12-9-6-3/h48-50,54-55H,4-47H2,1-3H3,(H,53,56). The van der Waals surface area contributed by atoms with Gasteiger partial charge in [0, 0.05) is 6.42 Å². The Balaban J connectivity index is 4.45. The highest BCUT2D eigenvalue weighted by atomic mass is 16.5. The number of nitrogens with one attached hydrogen (secondary N) is 1. The van der Waals surface area contributed by atoms with Crippen molar-refractivity contribution in [1.29, 1.82) is 0 Å². The molecule has 3 unspecified atom stereocenters. The number of hydrogen-bond donors (Lipinski definition) is 3. The van der Waals surface area contributed by atoms with E-state index in [1.807, 2.05) is 0 Å². The summed E-state index contributed by atoms with van der Waals surface area (Å²) in [7, 11) is 0. The number of aliphatic hydroxyl groups excluding tert-OH is 2. The van der Waals surface area contributed by atoms with Crippen LogP contribution in [0, 0.1) is 0 Å². The molecule has 0 bridgehead atoms. The minimum atomic E-state index is -0.779. The third-order valence-electron chi connectivity index (χ3n) is 12.4. The molecule has 6 heteroatoms. The Kier molecular flexibility index (Phi) is 46.0. The van der Waals surface area contributed by atoms with Crippen molar-refractivity contribution >= 4 is 11.9 Å². The molecule has 3 atom stereocenters. The summed E-state index contributed by atoms with van der Waals surface area (Å²) in [5.74, 6) is -0.453. The van der Waals surface area contributed by atoms with E-state index in [1.165, 1.54) is 205 Å². The topological polar surface area (TPSA) is 95.9 Å². The van der Waals surface area contributed by atoms with Crippen LogP contribution < -0.4 is 5.32 Å². The smallest absolute Gasteiger partial charge is 0.306 e. The molecule has 0 saturated heterocycles. The quantitative estimate of drug-likeness (QED) is 0.0420. The molecule has 0 rings (SSSR count). The lowest BCUT2D eigenvalue weighted by Crippen LogP contribution is -2.46. The van der Waals surface area contributed by atoms with Crippen molar-refractivity contribution < 1.29 is 24.5 Å². The predicted molar refractivity (Wildman–Crippen MR) is 250 cm³/mol. The lowest BCUT2D eigenvalue weighted by Gasteiger charge is -2.24. The van der Waals surface area contributed by atoms with Crippen LogP contribution in [0.2, 0.25) is 0 Å². The fourth-order valence-electron chi connectivity index (χ4n) is 8.43. The van der Waals surface area contributed by atoms with E-state index in [2.05, 4.69) is 26.1 Å². The maximum absolute atomic E-state index is 13.2. The monoisotopic (exact) mass is 822 g/mol. The zero-order chi connectivity index (χ0) is 42.4. The minimum absolute atomic E-state index is 0.0876.